The van der Waals surface area contributed by atoms with Crippen molar-refractivity contribution in [1.29, 1.82) is 0 Å². The van der Waals surface area contributed by atoms with Gasteiger partial charge in [0.15, 0.2) is 11.6 Å². The Morgan fingerprint density at radius 1 is 1.20 bits per heavy atom. The summed E-state index contributed by atoms with van der Waals surface area (Å²) in [6, 6.07) is 7.78. The standard InChI is InChI=1S/C23H23F4N5O3/c1-13(12-34-2)28-22(30-21(33)14-4-7-16(8-5-14)23(25,26)27)29-20-11-18(31-32-20)15-6-9-19(35-3)17(24)10-15/h4-10,13H,11-12H2,1-3H3,(H2,28,29,30,32,33)/t13-/m0/s1. The molecule has 0 fully saturated rings. The number of guanidine groups is 1. The minimum absolute atomic E-state index is 0.00433. The monoisotopic (exact) mass is 493 g/mol. The molecule has 0 spiro atoms. The molecule has 2 aromatic rings. The van der Waals surface area contributed by atoms with Crippen LogP contribution in [0.5, 0.6) is 5.75 Å². The number of carbonyl (C=O) groups is 1. The molecule has 12 heteroatoms. The first-order chi connectivity index (χ1) is 16.6. The number of hydrogen-bond donors (Lipinski definition) is 2. The van der Waals surface area contributed by atoms with Gasteiger partial charge in [0.1, 0.15) is 5.84 Å². The Kier molecular flexibility index (Phi) is 8.18. The third-order valence-corrected chi connectivity index (χ3v) is 4.83. The highest BCUT2D eigenvalue weighted by atomic mass is 19.4. The Hall–Kier alpha value is -3.80. The Morgan fingerprint density at radius 3 is 2.51 bits per heavy atom. The van der Waals surface area contributed by atoms with Gasteiger partial charge in [-0.25, -0.2) is 9.38 Å². The summed E-state index contributed by atoms with van der Waals surface area (Å²) in [4.78, 5) is 21.3. The van der Waals surface area contributed by atoms with E-state index in [0.717, 1.165) is 24.3 Å². The quantitative estimate of drug-likeness (QED) is 0.364. The summed E-state index contributed by atoms with van der Waals surface area (Å²) < 4.78 is 62.4. The van der Waals surface area contributed by atoms with E-state index < -0.39 is 23.5 Å². The van der Waals surface area contributed by atoms with Crippen molar-refractivity contribution in [3.8, 4) is 5.75 Å². The SMILES string of the molecule is COC[C@H](C)N=C(N=C1CC(c2ccc(OC)c(F)c2)=NN1)NC(=O)c1ccc(C(F)(F)F)cc1. The molecule has 0 aliphatic carbocycles. The average Bonchev–Trinajstić information content (AvgIpc) is 3.27. The molecule has 1 amide bonds. The molecule has 0 unspecified atom stereocenters. The molecule has 1 aliphatic heterocycles. The number of nitrogens with zero attached hydrogens (tertiary/aromatic N) is 3. The van der Waals surface area contributed by atoms with Crippen molar-refractivity contribution < 1.29 is 31.8 Å². The zero-order valence-electron chi connectivity index (χ0n) is 19.1. The maximum absolute atomic E-state index is 14.1. The molecule has 1 heterocycles. The predicted octanol–water partition coefficient (Wildman–Crippen LogP) is 3.77. The number of hydrogen-bond acceptors (Lipinski definition) is 5. The van der Waals surface area contributed by atoms with Crippen molar-refractivity contribution >= 4 is 23.4 Å². The molecular formula is C23H23F4N5O3. The van der Waals surface area contributed by atoms with E-state index in [9.17, 15) is 22.4 Å². The summed E-state index contributed by atoms with van der Waals surface area (Å²) in [6.45, 7) is 1.98. The number of hydrazone groups is 1. The minimum Gasteiger partial charge on any atom is -0.494 e. The molecule has 0 radical (unpaired) electrons. The van der Waals surface area contributed by atoms with Crippen molar-refractivity contribution in [2.45, 2.75) is 25.6 Å². The summed E-state index contributed by atoms with van der Waals surface area (Å²) in [6.07, 6.45) is -4.32. The third-order valence-electron chi connectivity index (χ3n) is 4.83. The second-order valence-corrected chi connectivity index (χ2v) is 7.54. The number of nitrogens with one attached hydrogen (secondary N) is 2. The van der Waals surface area contributed by atoms with Crippen LogP contribution in [0.3, 0.4) is 0 Å². The van der Waals surface area contributed by atoms with Gasteiger partial charge in [-0.2, -0.15) is 23.3 Å². The van der Waals surface area contributed by atoms with E-state index in [1.54, 1.807) is 13.0 Å². The van der Waals surface area contributed by atoms with Crippen LogP contribution in [0.1, 0.15) is 34.8 Å². The molecule has 1 atom stereocenters. The summed E-state index contributed by atoms with van der Waals surface area (Å²) in [5.41, 5.74) is 2.87. The fraction of sp³-hybridized carbons (Fsp3) is 0.304. The van der Waals surface area contributed by atoms with Crippen LogP contribution in [0.25, 0.3) is 0 Å². The molecule has 2 aromatic carbocycles. The van der Waals surface area contributed by atoms with Gasteiger partial charge in [0, 0.05) is 18.2 Å². The van der Waals surface area contributed by atoms with Crippen LogP contribution in [-0.2, 0) is 10.9 Å². The van der Waals surface area contributed by atoms with E-state index in [0.29, 0.717) is 17.1 Å². The zero-order valence-corrected chi connectivity index (χ0v) is 19.1. The molecule has 8 nitrogen and oxygen atoms in total. The lowest BCUT2D eigenvalue weighted by atomic mass is 10.1. The Morgan fingerprint density at radius 2 is 1.91 bits per heavy atom. The number of aliphatic imine (C=N–C) groups is 2. The van der Waals surface area contributed by atoms with Crippen LogP contribution in [0, 0.1) is 5.82 Å². The van der Waals surface area contributed by atoms with Crippen LogP contribution in [-0.4, -0.2) is 50.3 Å². The minimum atomic E-state index is -4.51. The maximum atomic E-state index is 14.1. The van der Waals surface area contributed by atoms with Gasteiger partial charge in [-0.05, 0) is 49.4 Å². The van der Waals surface area contributed by atoms with Crippen LogP contribution in [0.2, 0.25) is 0 Å². The second kappa shape index (κ2) is 11.1. The molecule has 0 bridgehead atoms. The van der Waals surface area contributed by atoms with E-state index in [4.69, 9.17) is 9.47 Å². The number of methoxy groups -OCH3 is 2. The van der Waals surface area contributed by atoms with Crippen LogP contribution in [0.4, 0.5) is 17.6 Å². The first-order valence-electron chi connectivity index (χ1n) is 10.4. The van der Waals surface area contributed by atoms with E-state index in [1.165, 1.54) is 26.4 Å². The molecule has 1 aliphatic rings. The number of halogens is 4. The van der Waals surface area contributed by atoms with Gasteiger partial charge in [-0.1, -0.05) is 0 Å². The molecule has 2 N–H and O–H groups in total. The van der Waals surface area contributed by atoms with Crippen LogP contribution < -0.4 is 15.5 Å². The fourth-order valence-electron chi connectivity index (χ4n) is 3.14. The van der Waals surface area contributed by atoms with Crippen LogP contribution >= 0.6 is 0 Å². The Bertz CT molecular complexity index is 1160. The largest absolute Gasteiger partial charge is 0.494 e. The van der Waals surface area contributed by atoms with Gasteiger partial charge in [-0.3, -0.25) is 15.5 Å². The molecule has 0 saturated carbocycles. The summed E-state index contributed by atoms with van der Waals surface area (Å²) in [5, 5.41) is 6.66. The predicted molar refractivity (Wildman–Crippen MR) is 122 cm³/mol. The zero-order chi connectivity index (χ0) is 25.6. The fourth-order valence-corrected chi connectivity index (χ4v) is 3.14. The number of alkyl halides is 3. The lowest BCUT2D eigenvalue weighted by Crippen LogP contribution is -2.32. The topological polar surface area (TPSA) is 96.7 Å². The normalized spacial score (nSPS) is 16.0. The summed E-state index contributed by atoms with van der Waals surface area (Å²) >= 11 is 0. The highest BCUT2D eigenvalue weighted by Crippen LogP contribution is 2.29. The molecule has 3 rings (SSSR count). The van der Waals surface area contributed by atoms with Gasteiger partial charge in [0.05, 0.1) is 37.5 Å². The number of amides is 1. The number of ether oxygens (including phenoxy) is 2. The highest BCUT2D eigenvalue weighted by Gasteiger charge is 2.30. The lowest BCUT2D eigenvalue weighted by molar-refractivity contribution is -0.137. The van der Waals surface area contributed by atoms with E-state index >= 15 is 0 Å². The maximum Gasteiger partial charge on any atom is 0.416 e. The first kappa shape index (κ1) is 25.8. The number of amidine groups is 1. The molecule has 0 saturated heterocycles. The second-order valence-electron chi connectivity index (χ2n) is 7.54. The van der Waals surface area contributed by atoms with Crippen molar-refractivity contribution in [3.05, 3.63) is 65.0 Å². The summed E-state index contributed by atoms with van der Waals surface area (Å²) in [7, 11) is 2.85. The van der Waals surface area contributed by atoms with Crippen molar-refractivity contribution in [3.63, 3.8) is 0 Å². The first-order valence-corrected chi connectivity index (χ1v) is 10.4. The smallest absolute Gasteiger partial charge is 0.416 e. The number of carbonyl (C=O) groups excluding carboxylic acids is 1. The molecular weight excluding hydrogens is 470 g/mol. The van der Waals surface area contributed by atoms with Gasteiger partial charge in [0.25, 0.3) is 5.91 Å². The van der Waals surface area contributed by atoms with E-state index in [-0.39, 0.29) is 36.3 Å². The van der Waals surface area contributed by atoms with Crippen LogP contribution in [0.15, 0.2) is 57.6 Å². The molecule has 0 aromatic heterocycles. The third kappa shape index (κ3) is 6.85. The highest BCUT2D eigenvalue weighted by molar-refractivity contribution is 6.18. The Balaban J connectivity index is 1.78. The van der Waals surface area contributed by atoms with E-state index in [2.05, 4.69) is 25.8 Å². The van der Waals surface area contributed by atoms with Crippen molar-refractivity contribution in [2.75, 3.05) is 20.8 Å². The van der Waals surface area contributed by atoms with Gasteiger partial charge >= 0.3 is 6.18 Å². The number of rotatable bonds is 6. The van der Waals surface area contributed by atoms with Gasteiger partial charge in [0.2, 0.25) is 5.96 Å². The molecule has 186 valence electrons. The van der Waals surface area contributed by atoms with Gasteiger partial charge < -0.3 is 9.47 Å². The van der Waals surface area contributed by atoms with Gasteiger partial charge in [-0.15, -0.1) is 0 Å². The number of benzene rings is 2. The summed E-state index contributed by atoms with van der Waals surface area (Å²) in [5.74, 6) is -0.895. The van der Waals surface area contributed by atoms with Crippen molar-refractivity contribution in [1.82, 2.24) is 10.7 Å². The van der Waals surface area contributed by atoms with Crippen molar-refractivity contribution in [2.24, 2.45) is 15.1 Å². The lowest BCUT2D eigenvalue weighted by Gasteiger charge is -2.11. The molecule has 35 heavy (non-hydrogen) atoms. The Labute approximate surface area is 198 Å². The average molecular weight is 493 g/mol. The van der Waals surface area contributed by atoms with E-state index in [1.807, 2.05) is 0 Å².